The van der Waals surface area contributed by atoms with Crippen molar-refractivity contribution in [2.45, 2.75) is 52.1 Å². The maximum Gasteiger partial charge on any atom is 0.318 e. The maximum absolute atomic E-state index is 12.2. The van der Waals surface area contributed by atoms with Gasteiger partial charge in [-0.25, -0.2) is 4.79 Å². The fourth-order valence-corrected chi connectivity index (χ4v) is 2.26. The molecule has 5 nitrogen and oxygen atoms in total. The van der Waals surface area contributed by atoms with E-state index in [9.17, 15) is 4.79 Å². The first-order valence-electron chi connectivity index (χ1n) is 6.62. The van der Waals surface area contributed by atoms with E-state index in [1.165, 1.54) is 0 Å². The summed E-state index contributed by atoms with van der Waals surface area (Å²) < 4.78 is 5.10. The van der Waals surface area contributed by atoms with Gasteiger partial charge in [-0.3, -0.25) is 0 Å². The molecule has 1 fully saturated rings. The van der Waals surface area contributed by atoms with Crippen molar-refractivity contribution in [2.24, 2.45) is 0 Å². The van der Waals surface area contributed by atoms with Crippen LogP contribution in [0.1, 0.15) is 50.6 Å². The number of aromatic nitrogens is 1. The van der Waals surface area contributed by atoms with Gasteiger partial charge < -0.3 is 14.7 Å². The zero-order valence-electron chi connectivity index (χ0n) is 11.3. The highest BCUT2D eigenvalue weighted by Crippen LogP contribution is 2.31. The van der Waals surface area contributed by atoms with Crippen molar-refractivity contribution >= 4 is 6.03 Å². The molecule has 100 valence electrons. The number of likely N-dealkylation sites (tertiary alicyclic amines) is 1. The SMILES string of the molecule is CC[C@@H](C)NC(=O)N1CCC[C@H]1c1cc(C)on1. The van der Waals surface area contributed by atoms with E-state index < -0.39 is 0 Å². The lowest BCUT2D eigenvalue weighted by Crippen LogP contribution is -2.43. The number of aryl methyl sites for hydroxylation is 1. The van der Waals surface area contributed by atoms with Crippen LogP contribution >= 0.6 is 0 Å². The van der Waals surface area contributed by atoms with Gasteiger partial charge in [0.2, 0.25) is 0 Å². The minimum absolute atomic E-state index is 0.00695. The average Bonchev–Trinajstić information content (AvgIpc) is 2.96. The Morgan fingerprint density at radius 3 is 3.11 bits per heavy atom. The third-order valence-electron chi connectivity index (χ3n) is 3.48. The Balaban J connectivity index is 2.05. The molecule has 2 amide bonds. The van der Waals surface area contributed by atoms with E-state index in [1.807, 2.05) is 24.8 Å². The Morgan fingerprint density at radius 2 is 2.50 bits per heavy atom. The zero-order valence-corrected chi connectivity index (χ0v) is 11.3. The Morgan fingerprint density at radius 1 is 1.72 bits per heavy atom. The first-order chi connectivity index (χ1) is 8.61. The Labute approximate surface area is 108 Å². The summed E-state index contributed by atoms with van der Waals surface area (Å²) >= 11 is 0. The van der Waals surface area contributed by atoms with Gasteiger partial charge >= 0.3 is 6.03 Å². The van der Waals surface area contributed by atoms with Gasteiger partial charge in [0.25, 0.3) is 0 Å². The number of hydrogen-bond acceptors (Lipinski definition) is 3. The molecule has 1 aliphatic heterocycles. The molecule has 1 aromatic rings. The smallest absolute Gasteiger partial charge is 0.318 e. The van der Waals surface area contributed by atoms with Gasteiger partial charge in [-0.2, -0.15) is 0 Å². The molecular formula is C13H21N3O2. The topological polar surface area (TPSA) is 58.4 Å². The summed E-state index contributed by atoms with van der Waals surface area (Å²) in [6.45, 7) is 6.74. The van der Waals surface area contributed by atoms with Gasteiger partial charge in [-0.05, 0) is 33.1 Å². The van der Waals surface area contributed by atoms with Crippen molar-refractivity contribution < 1.29 is 9.32 Å². The van der Waals surface area contributed by atoms with Crippen LogP contribution in [0.15, 0.2) is 10.6 Å². The number of carbonyl (C=O) groups is 1. The molecule has 0 aromatic carbocycles. The van der Waals surface area contributed by atoms with Crippen LogP contribution in [-0.2, 0) is 0 Å². The summed E-state index contributed by atoms with van der Waals surface area (Å²) in [4.78, 5) is 14.0. The second-order valence-corrected chi connectivity index (χ2v) is 4.97. The quantitative estimate of drug-likeness (QED) is 0.898. The molecule has 0 unspecified atom stereocenters. The van der Waals surface area contributed by atoms with E-state index in [0.29, 0.717) is 0 Å². The highest BCUT2D eigenvalue weighted by molar-refractivity contribution is 5.75. The summed E-state index contributed by atoms with van der Waals surface area (Å²) in [5.74, 6) is 0.791. The van der Waals surface area contributed by atoms with E-state index >= 15 is 0 Å². The standard InChI is InChI=1S/C13H21N3O2/c1-4-9(2)14-13(17)16-7-5-6-12(16)11-8-10(3)18-15-11/h8-9,12H,4-7H2,1-3H3,(H,14,17)/t9-,12+/m1/s1. The lowest BCUT2D eigenvalue weighted by molar-refractivity contribution is 0.187. The van der Waals surface area contributed by atoms with Crippen molar-refractivity contribution in [1.82, 2.24) is 15.4 Å². The molecule has 1 saturated heterocycles. The van der Waals surface area contributed by atoms with Gasteiger partial charge in [-0.1, -0.05) is 12.1 Å². The van der Waals surface area contributed by atoms with Crippen molar-refractivity contribution in [3.8, 4) is 0 Å². The van der Waals surface area contributed by atoms with E-state index in [1.54, 1.807) is 0 Å². The van der Waals surface area contributed by atoms with Crippen LogP contribution in [0.3, 0.4) is 0 Å². The van der Waals surface area contributed by atoms with Crippen molar-refractivity contribution in [2.75, 3.05) is 6.54 Å². The average molecular weight is 251 g/mol. The summed E-state index contributed by atoms with van der Waals surface area (Å²) in [5, 5.41) is 7.04. The Bertz CT molecular complexity index is 416. The zero-order chi connectivity index (χ0) is 13.1. The fraction of sp³-hybridized carbons (Fsp3) is 0.692. The molecule has 5 heteroatoms. The van der Waals surface area contributed by atoms with Gasteiger partial charge in [0.15, 0.2) is 0 Å². The molecule has 0 bridgehead atoms. The van der Waals surface area contributed by atoms with Gasteiger partial charge in [-0.15, -0.1) is 0 Å². The molecule has 2 atom stereocenters. The second kappa shape index (κ2) is 5.42. The molecule has 0 spiro atoms. The van der Waals surface area contributed by atoms with Crippen LogP contribution in [0.5, 0.6) is 0 Å². The van der Waals surface area contributed by atoms with E-state index in [0.717, 1.165) is 37.3 Å². The summed E-state index contributed by atoms with van der Waals surface area (Å²) in [6, 6.07) is 2.19. The molecule has 0 saturated carbocycles. The highest BCUT2D eigenvalue weighted by atomic mass is 16.5. The lowest BCUT2D eigenvalue weighted by Gasteiger charge is -2.25. The van der Waals surface area contributed by atoms with Crippen LogP contribution in [-0.4, -0.2) is 28.7 Å². The number of nitrogens with one attached hydrogen (secondary N) is 1. The minimum Gasteiger partial charge on any atom is -0.361 e. The predicted octanol–water partition coefficient (Wildman–Crippen LogP) is 2.63. The lowest BCUT2D eigenvalue weighted by atomic mass is 10.1. The Hall–Kier alpha value is -1.52. The monoisotopic (exact) mass is 251 g/mol. The molecule has 1 aliphatic rings. The summed E-state index contributed by atoms with van der Waals surface area (Å²) in [5.41, 5.74) is 0.865. The number of amides is 2. The van der Waals surface area contributed by atoms with E-state index in [4.69, 9.17) is 4.52 Å². The van der Waals surface area contributed by atoms with Crippen molar-refractivity contribution in [1.29, 1.82) is 0 Å². The second-order valence-electron chi connectivity index (χ2n) is 4.97. The van der Waals surface area contributed by atoms with Crippen LogP contribution in [0, 0.1) is 6.92 Å². The predicted molar refractivity (Wildman–Crippen MR) is 68.2 cm³/mol. The number of rotatable bonds is 3. The number of hydrogen-bond donors (Lipinski definition) is 1. The first kappa shape index (κ1) is 12.9. The largest absolute Gasteiger partial charge is 0.361 e. The van der Waals surface area contributed by atoms with Crippen LogP contribution in [0.4, 0.5) is 4.79 Å². The maximum atomic E-state index is 12.2. The fourth-order valence-electron chi connectivity index (χ4n) is 2.26. The molecular weight excluding hydrogens is 230 g/mol. The van der Waals surface area contributed by atoms with E-state index in [2.05, 4.69) is 17.4 Å². The van der Waals surface area contributed by atoms with Gasteiger partial charge in [0, 0.05) is 18.7 Å². The Kier molecular flexibility index (Phi) is 3.89. The van der Waals surface area contributed by atoms with E-state index in [-0.39, 0.29) is 18.1 Å². The highest BCUT2D eigenvalue weighted by Gasteiger charge is 2.32. The van der Waals surface area contributed by atoms with Gasteiger partial charge in [0.05, 0.1) is 6.04 Å². The van der Waals surface area contributed by atoms with Crippen molar-refractivity contribution in [3.05, 3.63) is 17.5 Å². The number of nitrogens with zero attached hydrogens (tertiary/aromatic N) is 2. The number of urea groups is 1. The van der Waals surface area contributed by atoms with Crippen LogP contribution in [0.2, 0.25) is 0 Å². The third-order valence-corrected chi connectivity index (χ3v) is 3.48. The molecule has 2 heterocycles. The molecule has 1 N–H and O–H groups in total. The van der Waals surface area contributed by atoms with Crippen LogP contribution in [0.25, 0.3) is 0 Å². The van der Waals surface area contributed by atoms with Crippen LogP contribution < -0.4 is 5.32 Å². The van der Waals surface area contributed by atoms with Crippen molar-refractivity contribution in [3.63, 3.8) is 0 Å². The molecule has 0 radical (unpaired) electrons. The van der Waals surface area contributed by atoms with Gasteiger partial charge in [0.1, 0.15) is 11.5 Å². The third kappa shape index (κ3) is 2.66. The number of carbonyl (C=O) groups excluding carboxylic acids is 1. The molecule has 2 rings (SSSR count). The summed E-state index contributed by atoms with van der Waals surface area (Å²) in [7, 11) is 0. The minimum atomic E-state index is 0.00695. The molecule has 18 heavy (non-hydrogen) atoms. The molecule has 1 aromatic heterocycles. The normalized spacial score (nSPS) is 21.1. The summed E-state index contributed by atoms with van der Waals surface area (Å²) in [6.07, 6.45) is 2.91. The first-order valence-corrected chi connectivity index (χ1v) is 6.62. The molecule has 0 aliphatic carbocycles.